The average molecular weight is 596 g/mol. The van der Waals surface area contributed by atoms with Crippen molar-refractivity contribution in [1.82, 2.24) is 0 Å². The van der Waals surface area contributed by atoms with Gasteiger partial charge in [0.1, 0.15) is 0 Å². The van der Waals surface area contributed by atoms with Crippen molar-refractivity contribution in [2.24, 2.45) is 0 Å². The number of anilines is 2. The van der Waals surface area contributed by atoms with E-state index in [-0.39, 0.29) is 11.8 Å². The molecule has 2 N–H and O–H groups in total. The number of carbonyl (C=O) groups is 2. The third kappa shape index (κ3) is 5.11. The second-order valence-electron chi connectivity index (χ2n) is 6.41. The number of nitrogens with one attached hydrogen (secondary N) is 2. The van der Waals surface area contributed by atoms with Crippen LogP contribution in [0.1, 0.15) is 31.8 Å². The lowest BCUT2D eigenvalue weighted by molar-refractivity contribution is 0.102. The van der Waals surface area contributed by atoms with Gasteiger partial charge >= 0.3 is 0 Å². The van der Waals surface area contributed by atoms with E-state index in [1.165, 1.54) is 0 Å². The lowest BCUT2D eigenvalue weighted by Crippen LogP contribution is -2.16. The van der Waals surface area contributed by atoms with Crippen LogP contribution in [0.15, 0.2) is 60.7 Å². The Bertz CT molecular complexity index is 983. The Morgan fingerprint density at radius 1 is 0.679 bits per heavy atom. The maximum absolute atomic E-state index is 12.6. The molecule has 0 aromatic heterocycles. The Labute approximate surface area is 191 Å². The fraction of sp³-hybridized carbons (Fsp3) is 0.0909. The number of rotatable bonds is 4. The van der Waals surface area contributed by atoms with Crippen LogP contribution < -0.4 is 10.6 Å². The van der Waals surface area contributed by atoms with Gasteiger partial charge in [0.15, 0.2) is 0 Å². The zero-order valence-electron chi connectivity index (χ0n) is 15.3. The molecule has 0 unspecified atom stereocenters. The summed E-state index contributed by atoms with van der Waals surface area (Å²) < 4.78 is 2.22. The lowest BCUT2D eigenvalue weighted by Gasteiger charge is -2.11. The molecular formula is C22H18I2N2O2. The zero-order valence-corrected chi connectivity index (χ0v) is 19.7. The molecule has 0 saturated heterocycles. The first-order valence-electron chi connectivity index (χ1n) is 8.58. The summed E-state index contributed by atoms with van der Waals surface area (Å²) in [5.74, 6) is -0.492. The van der Waals surface area contributed by atoms with Crippen LogP contribution in [0.3, 0.4) is 0 Å². The summed E-state index contributed by atoms with van der Waals surface area (Å²) in [6.07, 6.45) is 0. The van der Waals surface area contributed by atoms with Gasteiger partial charge in [-0.3, -0.25) is 9.59 Å². The van der Waals surface area contributed by atoms with Crippen LogP contribution in [-0.2, 0) is 0 Å². The molecule has 0 aliphatic heterocycles. The summed E-state index contributed by atoms with van der Waals surface area (Å²) in [5, 5.41) is 5.82. The predicted molar refractivity (Wildman–Crippen MR) is 130 cm³/mol. The number of benzene rings is 3. The van der Waals surface area contributed by atoms with E-state index in [2.05, 4.69) is 55.8 Å². The Kier molecular flexibility index (Phi) is 6.71. The van der Waals surface area contributed by atoms with Crippen molar-refractivity contribution in [3.63, 3.8) is 0 Å². The van der Waals surface area contributed by atoms with Crippen LogP contribution in [0.25, 0.3) is 0 Å². The Morgan fingerprint density at radius 3 is 1.50 bits per heavy atom. The first-order chi connectivity index (χ1) is 13.3. The lowest BCUT2D eigenvalue weighted by atomic mass is 10.1. The molecule has 2 amide bonds. The minimum atomic E-state index is -0.246. The molecule has 0 aliphatic rings. The Morgan fingerprint density at radius 2 is 1.11 bits per heavy atom. The van der Waals surface area contributed by atoms with Crippen LogP contribution >= 0.6 is 45.2 Å². The van der Waals surface area contributed by atoms with Crippen LogP contribution in [0, 0.1) is 21.0 Å². The van der Waals surface area contributed by atoms with Gasteiger partial charge in [-0.25, -0.2) is 0 Å². The maximum Gasteiger partial charge on any atom is 0.255 e. The number of hydrogen-bond donors (Lipinski definition) is 2. The number of amides is 2. The largest absolute Gasteiger partial charge is 0.322 e. The number of hydrogen-bond acceptors (Lipinski definition) is 2. The van der Waals surface area contributed by atoms with E-state index in [1.807, 2.05) is 50.2 Å². The van der Waals surface area contributed by atoms with E-state index in [4.69, 9.17) is 0 Å². The van der Waals surface area contributed by atoms with Gasteiger partial charge in [0.2, 0.25) is 0 Å². The first-order valence-corrected chi connectivity index (χ1v) is 10.7. The van der Waals surface area contributed by atoms with Crippen LogP contribution in [0.5, 0.6) is 0 Å². The smallest absolute Gasteiger partial charge is 0.255 e. The van der Waals surface area contributed by atoms with E-state index >= 15 is 0 Å². The van der Waals surface area contributed by atoms with Gasteiger partial charge in [-0.2, -0.15) is 0 Å². The van der Waals surface area contributed by atoms with Gasteiger partial charge in [0.05, 0.1) is 0 Å². The summed E-state index contributed by atoms with van der Waals surface area (Å²) in [4.78, 5) is 25.3. The van der Waals surface area contributed by atoms with E-state index in [9.17, 15) is 9.59 Å². The number of carbonyl (C=O) groups excluding carboxylic acids is 2. The molecule has 0 radical (unpaired) electrons. The summed E-state index contributed by atoms with van der Waals surface area (Å²) in [7, 11) is 0. The molecule has 6 heteroatoms. The Hall–Kier alpha value is -1.94. The summed E-state index contributed by atoms with van der Waals surface area (Å²) in [5.41, 5.74) is 4.37. The highest BCUT2D eigenvalue weighted by atomic mass is 127. The quantitative estimate of drug-likeness (QED) is 0.363. The van der Waals surface area contributed by atoms with Gasteiger partial charge in [0.25, 0.3) is 11.8 Å². The molecule has 3 aromatic rings. The van der Waals surface area contributed by atoms with Crippen LogP contribution in [0.2, 0.25) is 0 Å². The third-order valence-electron chi connectivity index (χ3n) is 4.26. The number of aryl methyl sites for hydroxylation is 2. The molecule has 0 bridgehead atoms. The molecule has 0 aliphatic carbocycles. The summed E-state index contributed by atoms with van der Waals surface area (Å²) in [6.45, 7) is 3.90. The first kappa shape index (κ1) is 20.8. The molecule has 28 heavy (non-hydrogen) atoms. The molecular weight excluding hydrogens is 578 g/mol. The van der Waals surface area contributed by atoms with Gasteiger partial charge < -0.3 is 10.6 Å². The number of halogens is 2. The molecule has 142 valence electrons. The van der Waals surface area contributed by atoms with Gasteiger partial charge in [-0.1, -0.05) is 6.07 Å². The average Bonchev–Trinajstić information content (AvgIpc) is 2.66. The van der Waals surface area contributed by atoms with E-state index < -0.39 is 0 Å². The highest BCUT2D eigenvalue weighted by Crippen LogP contribution is 2.20. The van der Waals surface area contributed by atoms with Crippen LogP contribution in [0.4, 0.5) is 11.4 Å². The van der Waals surface area contributed by atoms with Gasteiger partial charge in [0, 0.05) is 29.6 Å². The van der Waals surface area contributed by atoms with Crippen LogP contribution in [-0.4, -0.2) is 11.8 Å². The van der Waals surface area contributed by atoms with Crippen molar-refractivity contribution in [3.8, 4) is 0 Å². The van der Waals surface area contributed by atoms with Gasteiger partial charge in [-0.05, 0) is 125 Å². The second kappa shape index (κ2) is 9.04. The maximum atomic E-state index is 12.6. The fourth-order valence-corrected chi connectivity index (χ4v) is 4.02. The van der Waals surface area contributed by atoms with Crippen molar-refractivity contribution in [2.45, 2.75) is 13.8 Å². The summed E-state index contributed by atoms with van der Waals surface area (Å²) >= 11 is 4.47. The van der Waals surface area contributed by atoms with Gasteiger partial charge in [-0.15, -0.1) is 0 Å². The molecule has 0 spiro atoms. The molecule has 3 aromatic carbocycles. The molecule has 4 nitrogen and oxygen atoms in total. The van der Waals surface area contributed by atoms with Crippen molar-refractivity contribution in [2.75, 3.05) is 10.6 Å². The molecule has 0 saturated carbocycles. The summed E-state index contributed by atoms with van der Waals surface area (Å²) in [6, 6.07) is 18.4. The predicted octanol–water partition coefficient (Wildman–Crippen LogP) is 6.02. The topological polar surface area (TPSA) is 58.2 Å². The SMILES string of the molecule is Cc1cc(I)ccc1NC(=O)c1cccc(C(=O)Nc2ccc(I)cc2C)c1. The van der Waals surface area contributed by atoms with E-state index in [0.717, 1.165) is 29.6 Å². The molecule has 0 heterocycles. The van der Waals surface area contributed by atoms with E-state index in [0.29, 0.717) is 11.1 Å². The van der Waals surface area contributed by atoms with Crippen molar-refractivity contribution in [1.29, 1.82) is 0 Å². The van der Waals surface area contributed by atoms with E-state index in [1.54, 1.807) is 24.3 Å². The molecule has 3 rings (SSSR count). The van der Waals surface area contributed by atoms with Crippen molar-refractivity contribution < 1.29 is 9.59 Å². The third-order valence-corrected chi connectivity index (χ3v) is 5.60. The highest BCUT2D eigenvalue weighted by Gasteiger charge is 2.13. The minimum Gasteiger partial charge on any atom is -0.322 e. The normalized spacial score (nSPS) is 10.4. The molecule has 0 atom stereocenters. The molecule has 0 fully saturated rings. The fourth-order valence-electron chi connectivity index (χ4n) is 2.73. The van der Waals surface area contributed by atoms with Crippen molar-refractivity contribution >= 4 is 68.4 Å². The Balaban J connectivity index is 1.77. The van der Waals surface area contributed by atoms with Crippen molar-refractivity contribution in [3.05, 3.63) is 90.1 Å². The zero-order chi connectivity index (χ0) is 20.3. The standard InChI is InChI=1S/C22H18I2N2O2/c1-13-10-17(23)6-8-19(13)25-21(27)15-4-3-5-16(12-15)22(28)26-20-9-7-18(24)11-14(20)2/h3-12H,1-2H3,(H,25,27)(H,26,28). The minimum absolute atomic E-state index is 0.246. The highest BCUT2D eigenvalue weighted by molar-refractivity contribution is 14.1. The second-order valence-corrected chi connectivity index (χ2v) is 8.90. The monoisotopic (exact) mass is 596 g/mol.